The van der Waals surface area contributed by atoms with Gasteiger partial charge in [-0.25, -0.2) is 0 Å². The summed E-state index contributed by atoms with van der Waals surface area (Å²) in [5, 5.41) is 0. The van der Waals surface area contributed by atoms with Crippen LogP contribution in [0.25, 0.3) is 0 Å². The van der Waals surface area contributed by atoms with Gasteiger partial charge in [0, 0.05) is 0 Å². The van der Waals surface area contributed by atoms with E-state index >= 15 is 0 Å². The highest BCUT2D eigenvalue weighted by Crippen LogP contribution is 2.37. The third-order valence-electron chi connectivity index (χ3n) is 3.92. The Balaban J connectivity index is 2.52. The molecule has 3 nitrogen and oxygen atoms in total. The van der Waals surface area contributed by atoms with E-state index in [0.29, 0.717) is 0 Å². The van der Waals surface area contributed by atoms with Crippen LogP contribution in [0.1, 0.15) is 19.4 Å². The molecule has 0 atom stereocenters. The molecule has 104 valence electrons. The number of ether oxygens (including phenoxy) is 1. The molecule has 0 saturated carbocycles. The van der Waals surface area contributed by atoms with Gasteiger partial charge in [0.05, 0.1) is 12.5 Å². The average Bonchev–Trinajstić information content (AvgIpc) is 2.48. The monoisotopic (exact) mass is 270 g/mol. The Hall–Kier alpha value is -2.16. The Morgan fingerprint density at radius 2 is 1.55 bits per heavy atom. The first-order valence-corrected chi connectivity index (χ1v) is 6.50. The van der Waals surface area contributed by atoms with Gasteiger partial charge in [-0.3, -0.25) is 9.59 Å². The van der Waals surface area contributed by atoms with Gasteiger partial charge >= 0.3 is 5.97 Å². The number of ketones is 1. The molecule has 1 aromatic carbocycles. The quantitative estimate of drug-likeness (QED) is 0.626. The highest BCUT2D eigenvalue weighted by molar-refractivity contribution is 5.92. The minimum absolute atomic E-state index is 0.0385. The van der Waals surface area contributed by atoms with Crippen LogP contribution in [0, 0.1) is 5.41 Å². The van der Waals surface area contributed by atoms with E-state index in [1.807, 2.05) is 37.3 Å². The fourth-order valence-electron chi connectivity index (χ4n) is 2.28. The van der Waals surface area contributed by atoms with Gasteiger partial charge in [-0.1, -0.05) is 54.6 Å². The van der Waals surface area contributed by atoms with E-state index in [9.17, 15) is 9.59 Å². The van der Waals surface area contributed by atoms with Crippen molar-refractivity contribution in [3.8, 4) is 0 Å². The number of allylic oxidation sites excluding steroid dienone is 2. The molecule has 0 saturated heterocycles. The number of benzene rings is 1. The summed E-state index contributed by atoms with van der Waals surface area (Å²) in [6.45, 7) is 3.37. The summed E-state index contributed by atoms with van der Waals surface area (Å²) in [7, 11) is 1.37. The highest BCUT2D eigenvalue weighted by atomic mass is 16.5. The van der Waals surface area contributed by atoms with Crippen molar-refractivity contribution in [1.82, 2.24) is 0 Å². The van der Waals surface area contributed by atoms with Crippen LogP contribution in [0.15, 0.2) is 54.6 Å². The molecule has 0 spiro atoms. The zero-order valence-electron chi connectivity index (χ0n) is 11.9. The Labute approximate surface area is 118 Å². The van der Waals surface area contributed by atoms with Crippen molar-refractivity contribution in [3.05, 3.63) is 60.2 Å². The summed E-state index contributed by atoms with van der Waals surface area (Å²) in [5.74, 6) is -0.321. The number of hydrogen-bond donors (Lipinski definition) is 0. The van der Waals surface area contributed by atoms with Crippen molar-refractivity contribution in [2.45, 2.75) is 19.3 Å². The fourth-order valence-corrected chi connectivity index (χ4v) is 2.28. The third kappa shape index (κ3) is 2.20. The molecule has 0 aromatic heterocycles. The molecule has 20 heavy (non-hydrogen) atoms. The summed E-state index contributed by atoms with van der Waals surface area (Å²) >= 11 is 0. The van der Waals surface area contributed by atoms with E-state index in [4.69, 9.17) is 4.74 Å². The zero-order chi connectivity index (χ0) is 14.8. The van der Waals surface area contributed by atoms with E-state index in [1.165, 1.54) is 7.11 Å². The molecule has 2 rings (SSSR count). The number of methoxy groups -OCH3 is 1. The number of Topliss-reactive ketones (excluding diaryl/α,β-unsaturated/α-hetero) is 1. The van der Waals surface area contributed by atoms with Gasteiger partial charge in [-0.2, -0.15) is 0 Å². The van der Waals surface area contributed by atoms with Crippen molar-refractivity contribution < 1.29 is 14.3 Å². The van der Waals surface area contributed by atoms with Crippen LogP contribution >= 0.6 is 0 Å². The number of esters is 1. The molecule has 1 aliphatic carbocycles. The van der Waals surface area contributed by atoms with Crippen molar-refractivity contribution in [2.75, 3.05) is 7.11 Å². The van der Waals surface area contributed by atoms with E-state index in [0.717, 1.165) is 5.56 Å². The Kier molecular flexibility index (Phi) is 3.62. The van der Waals surface area contributed by atoms with E-state index in [2.05, 4.69) is 0 Å². The fraction of sp³-hybridized carbons (Fsp3) is 0.294. The maximum absolute atomic E-state index is 12.3. The SMILES string of the molecule is COC(=O)C1(c2ccccc2)C=CC(C)(C(C)=O)C=C1. The molecule has 0 fully saturated rings. The molecule has 3 heteroatoms. The molecule has 0 N–H and O–H groups in total. The lowest BCUT2D eigenvalue weighted by atomic mass is 9.71. The summed E-state index contributed by atoms with van der Waals surface area (Å²) in [6, 6.07) is 9.40. The molecule has 1 aromatic rings. The summed E-state index contributed by atoms with van der Waals surface area (Å²) in [5.41, 5.74) is -0.790. The number of hydrogen-bond acceptors (Lipinski definition) is 3. The molecule has 0 radical (unpaired) electrons. The molecular weight excluding hydrogens is 252 g/mol. The van der Waals surface area contributed by atoms with Gasteiger partial charge in [-0.05, 0) is 19.4 Å². The Morgan fingerprint density at radius 1 is 1.00 bits per heavy atom. The predicted molar refractivity (Wildman–Crippen MR) is 77.2 cm³/mol. The molecule has 0 heterocycles. The number of carbonyl (C=O) groups is 2. The van der Waals surface area contributed by atoms with Crippen molar-refractivity contribution in [2.24, 2.45) is 5.41 Å². The molecule has 0 amide bonds. The first-order chi connectivity index (χ1) is 9.44. The van der Waals surface area contributed by atoms with Gasteiger partial charge in [-0.15, -0.1) is 0 Å². The second kappa shape index (κ2) is 5.08. The first kappa shape index (κ1) is 14.3. The molecular formula is C17H18O3. The largest absolute Gasteiger partial charge is 0.468 e. The van der Waals surface area contributed by atoms with Gasteiger partial charge in [0.2, 0.25) is 0 Å². The lowest BCUT2D eigenvalue weighted by Gasteiger charge is -2.32. The summed E-state index contributed by atoms with van der Waals surface area (Å²) in [6.07, 6.45) is 7.07. The smallest absolute Gasteiger partial charge is 0.324 e. The minimum Gasteiger partial charge on any atom is -0.468 e. The maximum Gasteiger partial charge on any atom is 0.324 e. The lowest BCUT2D eigenvalue weighted by Crippen LogP contribution is -2.37. The summed E-state index contributed by atoms with van der Waals surface area (Å²) in [4.78, 5) is 23.9. The summed E-state index contributed by atoms with van der Waals surface area (Å²) < 4.78 is 4.95. The van der Waals surface area contributed by atoms with Crippen LogP contribution in [0.4, 0.5) is 0 Å². The van der Waals surface area contributed by atoms with Crippen molar-refractivity contribution >= 4 is 11.8 Å². The topological polar surface area (TPSA) is 43.4 Å². The van der Waals surface area contributed by atoms with Gasteiger partial charge < -0.3 is 4.74 Å². The van der Waals surface area contributed by atoms with E-state index in [-0.39, 0.29) is 11.8 Å². The molecule has 0 aliphatic heterocycles. The second-order valence-corrected chi connectivity index (χ2v) is 5.23. The highest BCUT2D eigenvalue weighted by Gasteiger charge is 2.41. The van der Waals surface area contributed by atoms with Gasteiger partial charge in [0.1, 0.15) is 11.2 Å². The molecule has 0 unspecified atom stereocenters. The van der Waals surface area contributed by atoms with Crippen LogP contribution in [-0.2, 0) is 19.7 Å². The van der Waals surface area contributed by atoms with Crippen LogP contribution in [0.3, 0.4) is 0 Å². The Bertz CT molecular complexity index is 568. The van der Waals surface area contributed by atoms with Crippen LogP contribution in [0.5, 0.6) is 0 Å². The standard InChI is InChI=1S/C17H18O3/c1-13(18)16(2)9-11-17(12-10-16,15(19)20-3)14-7-5-4-6-8-14/h4-12H,1-3H3. The Morgan fingerprint density at radius 3 is 2.00 bits per heavy atom. The second-order valence-electron chi connectivity index (χ2n) is 5.23. The normalized spacial score (nSPS) is 28.1. The minimum atomic E-state index is -0.953. The zero-order valence-corrected chi connectivity index (χ0v) is 11.9. The predicted octanol–water partition coefficient (Wildman–Crippen LogP) is 2.82. The first-order valence-electron chi connectivity index (χ1n) is 6.50. The van der Waals surface area contributed by atoms with Crippen molar-refractivity contribution in [1.29, 1.82) is 0 Å². The average molecular weight is 270 g/mol. The van der Waals surface area contributed by atoms with Crippen molar-refractivity contribution in [3.63, 3.8) is 0 Å². The van der Waals surface area contributed by atoms with E-state index < -0.39 is 10.8 Å². The van der Waals surface area contributed by atoms with Crippen LogP contribution < -0.4 is 0 Å². The number of rotatable bonds is 3. The van der Waals surface area contributed by atoms with Crippen LogP contribution in [0.2, 0.25) is 0 Å². The van der Waals surface area contributed by atoms with E-state index in [1.54, 1.807) is 31.2 Å². The lowest BCUT2D eigenvalue weighted by molar-refractivity contribution is -0.144. The van der Waals surface area contributed by atoms with Gasteiger partial charge in [0.15, 0.2) is 0 Å². The molecule has 1 aliphatic rings. The third-order valence-corrected chi connectivity index (χ3v) is 3.92. The van der Waals surface area contributed by atoms with Gasteiger partial charge in [0.25, 0.3) is 0 Å². The van der Waals surface area contributed by atoms with Crippen LogP contribution in [-0.4, -0.2) is 18.9 Å². The maximum atomic E-state index is 12.3. The molecule has 0 bridgehead atoms. The number of carbonyl (C=O) groups excluding carboxylic acids is 2.